The van der Waals surface area contributed by atoms with Gasteiger partial charge in [0, 0.05) is 33.1 Å². The summed E-state index contributed by atoms with van der Waals surface area (Å²) >= 11 is 5.86. The molecule has 2 aliphatic rings. The molecular weight excluding hydrogens is 516 g/mol. The van der Waals surface area contributed by atoms with Gasteiger partial charge in [-0.1, -0.05) is 22.8 Å². The van der Waals surface area contributed by atoms with Crippen molar-refractivity contribution in [2.24, 2.45) is 5.92 Å². The van der Waals surface area contributed by atoms with Crippen molar-refractivity contribution >= 4 is 29.2 Å². The van der Waals surface area contributed by atoms with E-state index < -0.39 is 29.9 Å². The fourth-order valence-corrected chi connectivity index (χ4v) is 5.00. The van der Waals surface area contributed by atoms with E-state index in [-0.39, 0.29) is 35.9 Å². The largest absolute Gasteiger partial charge is 0.414 e. The van der Waals surface area contributed by atoms with E-state index in [1.54, 1.807) is 17.9 Å². The zero-order chi connectivity index (χ0) is 26.5. The van der Waals surface area contributed by atoms with E-state index in [9.17, 15) is 22.4 Å². The molecule has 1 aromatic carbocycles. The van der Waals surface area contributed by atoms with Crippen LogP contribution in [0.1, 0.15) is 28.8 Å². The highest BCUT2D eigenvalue weighted by atomic mass is 35.5. The van der Waals surface area contributed by atoms with Crippen LogP contribution in [0.25, 0.3) is 0 Å². The first-order valence-electron chi connectivity index (χ1n) is 11.6. The highest BCUT2D eigenvalue weighted by Gasteiger charge is 2.48. The molecule has 0 bridgehead atoms. The van der Waals surface area contributed by atoms with Crippen molar-refractivity contribution in [1.82, 2.24) is 20.1 Å². The number of amides is 1. The van der Waals surface area contributed by atoms with Crippen molar-refractivity contribution in [3.05, 3.63) is 64.0 Å². The molecule has 1 saturated heterocycles. The van der Waals surface area contributed by atoms with Crippen LogP contribution in [0, 0.1) is 18.7 Å². The zero-order valence-corrected chi connectivity index (χ0v) is 20.6. The van der Waals surface area contributed by atoms with Gasteiger partial charge >= 0.3 is 12.2 Å². The van der Waals surface area contributed by atoms with Gasteiger partial charge in [-0.15, -0.1) is 5.10 Å². The van der Waals surface area contributed by atoms with Gasteiger partial charge in [-0.2, -0.15) is 13.2 Å². The van der Waals surface area contributed by atoms with Gasteiger partial charge in [0.2, 0.25) is 11.8 Å². The second-order valence-electron chi connectivity index (χ2n) is 9.32. The Morgan fingerprint density at radius 1 is 1.22 bits per heavy atom. The minimum Gasteiger partial charge on any atom is -0.408 e. The number of aryl methyl sites for hydroxylation is 1. The van der Waals surface area contributed by atoms with Crippen molar-refractivity contribution in [3.63, 3.8) is 0 Å². The maximum atomic E-state index is 14.3. The van der Waals surface area contributed by atoms with Crippen LogP contribution in [0.5, 0.6) is 0 Å². The van der Waals surface area contributed by atoms with Crippen molar-refractivity contribution in [2.75, 3.05) is 30.4 Å². The number of anilines is 2. The van der Waals surface area contributed by atoms with E-state index in [4.69, 9.17) is 16.0 Å². The Morgan fingerprint density at radius 2 is 1.97 bits per heavy atom. The fourth-order valence-electron chi connectivity index (χ4n) is 4.82. The second-order valence-corrected chi connectivity index (χ2v) is 9.73. The maximum Gasteiger partial charge on any atom is 0.414 e. The van der Waals surface area contributed by atoms with Crippen LogP contribution in [-0.2, 0) is 17.6 Å². The number of fused-ring (bicyclic) bond motifs is 1. The number of halogens is 5. The number of carbonyl (C=O) groups is 1. The Morgan fingerprint density at radius 3 is 2.59 bits per heavy atom. The third kappa shape index (κ3) is 4.94. The molecule has 37 heavy (non-hydrogen) atoms. The minimum atomic E-state index is -4.73. The summed E-state index contributed by atoms with van der Waals surface area (Å²) < 4.78 is 61.7. The first-order chi connectivity index (χ1) is 17.5. The fraction of sp³-hybridized carbons (Fsp3) is 0.417. The molecule has 0 spiro atoms. The lowest BCUT2D eigenvalue weighted by atomic mass is 9.98. The summed E-state index contributed by atoms with van der Waals surface area (Å²) in [4.78, 5) is 19.2. The third-order valence-electron chi connectivity index (χ3n) is 6.71. The molecule has 0 saturated carbocycles. The van der Waals surface area contributed by atoms with Crippen LogP contribution in [0.3, 0.4) is 0 Å². The minimum absolute atomic E-state index is 0.0571. The SMILES string of the molecule is Cc1nnc(N2CC(C(=O)N(C)C(c3ccc(NC4Cc5ccc(Cl)c(F)c5C4)cn3)C(F)(F)F)C2)o1. The molecule has 196 valence electrons. The first kappa shape index (κ1) is 25.2. The summed E-state index contributed by atoms with van der Waals surface area (Å²) in [6.07, 6.45) is -2.49. The number of aromatic nitrogens is 3. The number of benzene rings is 1. The predicted octanol–water partition coefficient (Wildman–Crippen LogP) is 4.34. The predicted molar refractivity (Wildman–Crippen MR) is 127 cm³/mol. The molecule has 2 atom stereocenters. The lowest BCUT2D eigenvalue weighted by Crippen LogP contribution is -2.55. The Labute approximate surface area is 214 Å². The zero-order valence-electron chi connectivity index (χ0n) is 19.9. The molecule has 0 radical (unpaired) electrons. The monoisotopic (exact) mass is 538 g/mol. The quantitative estimate of drug-likeness (QED) is 0.467. The molecule has 1 aliphatic heterocycles. The Balaban J connectivity index is 1.25. The molecule has 2 unspecified atom stereocenters. The lowest BCUT2D eigenvalue weighted by Gasteiger charge is -2.40. The number of rotatable bonds is 6. The summed E-state index contributed by atoms with van der Waals surface area (Å²) in [5, 5.41) is 10.8. The molecule has 3 heterocycles. The van der Waals surface area contributed by atoms with Gasteiger partial charge in [0.25, 0.3) is 0 Å². The van der Waals surface area contributed by atoms with Gasteiger partial charge < -0.3 is 19.5 Å². The molecule has 1 amide bonds. The van der Waals surface area contributed by atoms with Crippen LogP contribution in [0.4, 0.5) is 29.3 Å². The van der Waals surface area contributed by atoms with Gasteiger partial charge in [-0.25, -0.2) is 4.39 Å². The van der Waals surface area contributed by atoms with Crippen molar-refractivity contribution < 1.29 is 26.8 Å². The van der Waals surface area contributed by atoms with Crippen LogP contribution in [-0.4, -0.2) is 58.3 Å². The normalized spacial score (nSPS) is 18.4. The van der Waals surface area contributed by atoms with Crippen LogP contribution < -0.4 is 10.2 Å². The Kier molecular flexibility index (Phi) is 6.47. The number of carbonyl (C=O) groups excluding carboxylic acids is 1. The number of hydrogen-bond acceptors (Lipinski definition) is 7. The average molecular weight is 539 g/mol. The molecule has 1 aliphatic carbocycles. The molecule has 1 N–H and O–H groups in total. The topological polar surface area (TPSA) is 87.4 Å². The smallest absolute Gasteiger partial charge is 0.408 e. The van der Waals surface area contributed by atoms with Crippen molar-refractivity contribution in [3.8, 4) is 0 Å². The number of nitrogens with one attached hydrogen (secondary N) is 1. The number of nitrogens with zero attached hydrogens (tertiary/aromatic N) is 5. The van der Waals surface area contributed by atoms with E-state index >= 15 is 0 Å². The molecule has 8 nitrogen and oxygen atoms in total. The number of alkyl halides is 3. The van der Waals surface area contributed by atoms with Gasteiger partial charge in [0.1, 0.15) is 5.82 Å². The number of pyridine rings is 1. The van der Waals surface area contributed by atoms with Crippen LogP contribution in [0.15, 0.2) is 34.9 Å². The maximum absolute atomic E-state index is 14.3. The van der Waals surface area contributed by atoms with Gasteiger partial charge in [0.05, 0.1) is 28.5 Å². The van der Waals surface area contributed by atoms with E-state index in [0.717, 1.165) is 12.6 Å². The molecule has 3 aromatic rings. The molecule has 5 rings (SSSR count). The standard InChI is InChI=1S/C24H23ClF4N6O2/c1-12-32-33-23(37-12)35-10-14(11-35)22(36)34(2)21(24(27,28)29)19-6-4-15(9-30-19)31-16-7-13-3-5-18(25)20(26)17(13)8-16/h3-6,9,14,16,21,31H,7-8,10-11H2,1-2H3. The average Bonchev–Trinajstić information content (AvgIpc) is 3.42. The van der Waals surface area contributed by atoms with E-state index in [2.05, 4.69) is 20.5 Å². The molecular formula is C24H23ClF4N6O2. The van der Waals surface area contributed by atoms with Crippen molar-refractivity contribution in [2.45, 2.75) is 38.0 Å². The summed E-state index contributed by atoms with van der Waals surface area (Å²) in [6.45, 7) is 1.99. The molecule has 13 heteroatoms. The third-order valence-corrected chi connectivity index (χ3v) is 7.00. The van der Waals surface area contributed by atoms with Gasteiger partial charge in [0.15, 0.2) is 6.04 Å². The van der Waals surface area contributed by atoms with Crippen LogP contribution >= 0.6 is 11.6 Å². The van der Waals surface area contributed by atoms with E-state index in [1.807, 2.05) is 0 Å². The summed E-state index contributed by atoms with van der Waals surface area (Å²) in [6, 6.07) is 3.89. The first-order valence-corrected chi connectivity index (χ1v) is 12.0. The summed E-state index contributed by atoms with van der Waals surface area (Å²) in [5.41, 5.74) is 1.57. The Bertz CT molecular complexity index is 1310. The van der Waals surface area contributed by atoms with Crippen molar-refractivity contribution in [1.29, 1.82) is 0 Å². The van der Waals surface area contributed by atoms with Gasteiger partial charge in [-0.3, -0.25) is 9.78 Å². The summed E-state index contributed by atoms with van der Waals surface area (Å²) in [5.74, 6) is -1.37. The highest BCUT2D eigenvalue weighted by molar-refractivity contribution is 6.30. The highest BCUT2D eigenvalue weighted by Crippen LogP contribution is 2.38. The number of hydrogen-bond donors (Lipinski definition) is 1. The van der Waals surface area contributed by atoms with Gasteiger partial charge in [-0.05, 0) is 42.2 Å². The van der Waals surface area contributed by atoms with E-state index in [1.165, 1.54) is 24.4 Å². The lowest BCUT2D eigenvalue weighted by molar-refractivity contribution is -0.191. The molecule has 1 fully saturated rings. The Hall–Kier alpha value is -3.41. The van der Waals surface area contributed by atoms with E-state index in [0.29, 0.717) is 34.9 Å². The second kappa shape index (κ2) is 9.47. The molecule has 2 aromatic heterocycles. The van der Waals surface area contributed by atoms with Crippen LogP contribution in [0.2, 0.25) is 5.02 Å². The summed E-state index contributed by atoms with van der Waals surface area (Å²) in [7, 11) is 1.13.